The number of aliphatic hydroxyl groups is 2. The molecular formula is C32H39N3O6. The molecule has 41 heavy (non-hydrogen) atoms. The lowest BCUT2D eigenvalue weighted by Crippen LogP contribution is -2.44. The Morgan fingerprint density at radius 2 is 1.98 bits per heavy atom. The van der Waals surface area contributed by atoms with E-state index in [0.717, 1.165) is 36.9 Å². The summed E-state index contributed by atoms with van der Waals surface area (Å²) >= 11 is 0. The van der Waals surface area contributed by atoms with Crippen LogP contribution in [-0.4, -0.2) is 65.7 Å². The molecule has 0 aromatic heterocycles. The Morgan fingerprint density at radius 1 is 1.15 bits per heavy atom. The summed E-state index contributed by atoms with van der Waals surface area (Å²) in [5.41, 5.74) is 0.847. The molecule has 218 valence electrons. The standard InChI is InChI=1S/C32H39N3O6/c1-22(8-5-13-30(38)34-17-7-11-25(34)21-36)32(40)27-19-26(41-2)14-15-28(27)35(31(32)39)20-23-9-6-10-24(18-23)33-16-4-3-12-29(33)37/h5-6,8-10,14-15,18-19,22,25,36,40H,3-4,7,11-13,16-17,20-21H2,1-2H3/b8-5+/t22-,25+,32+/m1/s1. The molecular weight excluding hydrogens is 522 g/mol. The van der Waals surface area contributed by atoms with E-state index in [1.54, 1.807) is 52.0 Å². The monoisotopic (exact) mass is 561 g/mol. The van der Waals surface area contributed by atoms with Crippen LogP contribution in [0, 0.1) is 5.92 Å². The molecule has 2 saturated heterocycles. The SMILES string of the molecule is COc1ccc2c(c1)[C@@](O)([C@H](C)/C=C/CC(=O)N1CCC[C@H]1CO)C(=O)N2Cc1cccc(N2CCCCC2=O)c1. The molecule has 3 amide bonds. The maximum absolute atomic E-state index is 14.0. The zero-order valence-electron chi connectivity index (χ0n) is 23.8. The van der Waals surface area contributed by atoms with E-state index < -0.39 is 17.4 Å². The van der Waals surface area contributed by atoms with Crippen molar-refractivity contribution in [1.29, 1.82) is 0 Å². The smallest absolute Gasteiger partial charge is 0.264 e. The number of benzene rings is 2. The predicted octanol–water partition coefficient (Wildman–Crippen LogP) is 3.51. The Morgan fingerprint density at radius 3 is 2.73 bits per heavy atom. The molecule has 2 fully saturated rings. The van der Waals surface area contributed by atoms with Gasteiger partial charge in [0.15, 0.2) is 5.60 Å². The molecule has 0 bridgehead atoms. The molecule has 3 aliphatic heterocycles. The largest absolute Gasteiger partial charge is 0.497 e. The number of rotatable bonds is 9. The van der Waals surface area contributed by atoms with Crippen LogP contribution in [0.3, 0.4) is 0 Å². The minimum Gasteiger partial charge on any atom is -0.497 e. The average Bonchev–Trinajstić information content (AvgIpc) is 3.55. The van der Waals surface area contributed by atoms with Gasteiger partial charge in [0.2, 0.25) is 11.8 Å². The highest BCUT2D eigenvalue weighted by Crippen LogP contribution is 2.47. The summed E-state index contributed by atoms with van der Waals surface area (Å²) < 4.78 is 5.42. The molecule has 2 aromatic rings. The van der Waals surface area contributed by atoms with Gasteiger partial charge in [-0.05, 0) is 61.6 Å². The van der Waals surface area contributed by atoms with Crippen LogP contribution in [0.1, 0.15) is 56.6 Å². The van der Waals surface area contributed by atoms with Crippen LogP contribution in [0.25, 0.3) is 0 Å². The Balaban J connectivity index is 1.38. The van der Waals surface area contributed by atoms with Crippen molar-refractivity contribution < 1.29 is 29.3 Å². The van der Waals surface area contributed by atoms with Crippen molar-refractivity contribution in [2.24, 2.45) is 5.92 Å². The highest BCUT2D eigenvalue weighted by atomic mass is 16.5. The number of aliphatic hydroxyl groups excluding tert-OH is 1. The average molecular weight is 562 g/mol. The number of likely N-dealkylation sites (tertiary alicyclic amines) is 1. The molecule has 2 aromatic carbocycles. The molecule has 3 atom stereocenters. The summed E-state index contributed by atoms with van der Waals surface area (Å²) in [4.78, 5) is 44.3. The van der Waals surface area contributed by atoms with E-state index in [0.29, 0.717) is 36.5 Å². The van der Waals surface area contributed by atoms with Crippen LogP contribution in [-0.2, 0) is 26.5 Å². The molecule has 9 heteroatoms. The quantitative estimate of drug-likeness (QED) is 0.454. The van der Waals surface area contributed by atoms with Gasteiger partial charge in [-0.2, -0.15) is 0 Å². The zero-order chi connectivity index (χ0) is 29.1. The van der Waals surface area contributed by atoms with Gasteiger partial charge in [0.25, 0.3) is 5.91 Å². The highest BCUT2D eigenvalue weighted by Gasteiger charge is 2.52. The van der Waals surface area contributed by atoms with Gasteiger partial charge in [0.05, 0.1) is 32.0 Å². The van der Waals surface area contributed by atoms with Gasteiger partial charge in [0.1, 0.15) is 5.75 Å². The summed E-state index contributed by atoms with van der Waals surface area (Å²) in [5, 5.41) is 21.6. The first-order valence-electron chi connectivity index (χ1n) is 14.5. The normalized spacial score (nSPS) is 23.4. The van der Waals surface area contributed by atoms with E-state index >= 15 is 0 Å². The predicted molar refractivity (Wildman–Crippen MR) is 155 cm³/mol. The van der Waals surface area contributed by atoms with Gasteiger partial charge in [0, 0.05) is 43.1 Å². The number of ether oxygens (including phenoxy) is 1. The van der Waals surface area contributed by atoms with Gasteiger partial charge >= 0.3 is 0 Å². The molecule has 0 aliphatic carbocycles. The van der Waals surface area contributed by atoms with Gasteiger partial charge in [-0.3, -0.25) is 14.4 Å². The third-order valence-electron chi connectivity index (χ3n) is 8.65. The Kier molecular flexibility index (Phi) is 8.47. The topological polar surface area (TPSA) is 111 Å². The maximum Gasteiger partial charge on any atom is 0.264 e. The number of hydrogen-bond donors (Lipinski definition) is 2. The first kappa shape index (κ1) is 28.8. The van der Waals surface area contributed by atoms with Crippen LogP contribution in [0.15, 0.2) is 54.6 Å². The van der Waals surface area contributed by atoms with E-state index in [4.69, 9.17) is 4.74 Å². The molecule has 9 nitrogen and oxygen atoms in total. The van der Waals surface area contributed by atoms with Crippen LogP contribution in [0.4, 0.5) is 11.4 Å². The number of carbonyl (C=O) groups excluding carboxylic acids is 3. The van der Waals surface area contributed by atoms with Crippen LogP contribution < -0.4 is 14.5 Å². The third-order valence-corrected chi connectivity index (χ3v) is 8.65. The summed E-state index contributed by atoms with van der Waals surface area (Å²) in [6.07, 6.45) is 7.61. The number of methoxy groups -OCH3 is 1. The minimum absolute atomic E-state index is 0.0498. The lowest BCUT2D eigenvalue weighted by atomic mass is 9.83. The fourth-order valence-electron chi connectivity index (χ4n) is 6.28. The van der Waals surface area contributed by atoms with Crippen molar-refractivity contribution in [3.63, 3.8) is 0 Å². The highest BCUT2D eigenvalue weighted by molar-refractivity contribution is 6.07. The van der Waals surface area contributed by atoms with E-state index in [1.807, 2.05) is 24.3 Å². The van der Waals surface area contributed by atoms with Crippen molar-refractivity contribution >= 4 is 29.1 Å². The number of piperidine rings is 1. The first-order chi connectivity index (χ1) is 19.8. The fourth-order valence-corrected chi connectivity index (χ4v) is 6.28. The van der Waals surface area contributed by atoms with E-state index in [2.05, 4.69) is 0 Å². The van der Waals surface area contributed by atoms with Crippen molar-refractivity contribution in [3.05, 3.63) is 65.7 Å². The minimum atomic E-state index is -1.86. The maximum atomic E-state index is 14.0. The first-order valence-corrected chi connectivity index (χ1v) is 14.5. The van der Waals surface area contributed by atoms with Crippen molar-refractivity contribution in [3.8, 4) is 5.75 Å². The molecule has 0 saturated carbocycles. The van der Waals surface area contributed by atoms with Crippen molar-refractivity contribution in [1.82, 2.24) is 4.90 Å². The number of nitrogens with zero attached hydrogens (tertiary/aromatic N) is 3. The van der Waals surface area contributed by atoms with Gasteiger partial charge < -0.3 is 29.6 Å². The Labute approximate surface area is 241 Å². The van der Waals surface area contributed by atoms with E-state index in [9.17, 15) is 24.6 Å². The second-order valence-electron chi connectivity index (χ2n) is 11.2. The molecule has 3 heterocycles. The number of amides is 3. The van der Waals surface area contributed by atoms with Crippen LogP contribution >= 0.6 is 0 Å². The lowest BCUT2D eigenvalue weighted by molar-refractivity contribution is -0.139. The Hall–Kier alpha value is -3.69. The third kappa shape index (κ3) is 5.48. The molecule has 0 unspecified atom stereocenters. The lowest BCUT2D eigenvalue weighted by Gasteiger charge is -2.29. The summed E-state index contributed by atoms with van der Waals surface area (Å²) in [6, 6.07) is 12.7. The number of fused-ring (bicyclic) bond motifs is 1. The molecule has 5 rings (SSSR count). The second-order valence-corrected chi connectivity index (χ2v) is 11.2. The van der Waals surface area contributed by atoms with Gasteiger partial charge in [-0.15, -0.1) is 0 Å². The van der Waals surface area contributed by atoms with Crippen LogP contribution in [0.2, 0.25) is 0 Å². The summed E-state index contributed by atoms with van der Waals surface area (Å²) in [5.74, 6) is -0.539. The number of anilines is 2. The van der Waals surface area contributed by atoms with Gasteiger partial charge in [-0.1, -0.05) is 31.2 Å². The van der Waals surface area contributed by atoms with Gasteiger partial charge in [-0.25, -0.2) is 0 Å². The molecule has 0 spiro atoms. The molecule has 3 aliphatic rings. The van der Waals surface area contributed by atoms with Crippen LogP contribution in [0.5, 0.6) is 5.75 Å². The van der Waals surface area contributed by atoms with Crippen molar-refractivity contribution in [2.75, 3.05) is 36.6 Å². The number of carbonyl (C=O) groups is 3. The Bertz CT molecular complexity index is 1340. The zero-order valence-corrected chi connectivity index (χ0v) is 23.8. The fraction of sp³-hybridized carbons (Fsp3) is 0.469. The molecule has 2 N–H and O–H groups in total. The van der Waals surface area contributed by atoms with Crippen molar-refractivity contribution in [2.45, 2.75) is 63.6 Å². The summed E-state index contributed by atoms with van der Waals surface area (Å²) in [6.45, 7) is 3.25. The second kappa shape index (κ2) is 12.0. The molecule has 0 radical (unpaired) electrons. The summed E-state index contributed by atoms with van der Waals surface area (Å²) in [7, 11) is 1.54. The number of hydrogen-bond acceptors (Lipinski definition) is 6. The van der Waals surface area contributed by atoms with E-state index in [-0.39, 0.29) is 37.4 Å². The van der Waals surface area contributed by atoms with E-state index in [1.165, 1.54) is 7.11 Å².